The van der Waals surface area contributed by atoms with E-state index in [-0.39, 0.29) is 6.42 Å². The van der Waals surface area contributed by atoms with E-state index in [2.05, 4.69) is 19.9 Å². The molecule has 0 aliphatic rings. The van der Waals surface area contributed by atoms with Gasteiger partial charge in [-0.1, -0.05) is 23.3 Å². The van der Waals surface area contributed by atoms with Gasteiger partial charge >= 0.3 is 5.97 Å². The maximum atomic E-state index is 10.2. The minimum absolute atomic E-state index is 0.140. The Morgan fingerprint density at radius 1 is 1.23 bits per heavy atom. The fourth-order valence-corrected chi connectivity index (χ4v) is 0.952. The Morgan fingerprint density at radius 2 is 1.85 bits per heavy atom. The van der Waals surface area contributed by atoms with E-state index in [9.17, 15) is 4.79 Å². The minimum atomic E-state index is -0.762. The van der Waals surface area contributed by atoms with E-state index in [4.69, 9.17) is 5.11 Å². The van der Waals surface area contributed by atoms with Crippen molar-refractivity contribution in [3.63, 3.8) is 0 Å². The molecule has 0 saturated heterocycles. The molecule has 0 aromatic carbocycles. The number of hydrogen-bond donors (Lipinski definition) is 1. The van der Waals surface area contributed by atoms with Crippen molar-refractivity contribution in [2.45, 2.75) is 40.0 Å². The highest BCUT2D eigenvalue weighted by Crippen LogP contribution is 2.07. The number of carbonyl (C=O) groups is 1. The second-order valence-corrected chi connectivity index (χ2v) is 3.47. The number of carboxylic acids is 1. The maximum absolute atomic E-state index is 10.2. The molecule has 0 aliphatic heterocycles. The van der Waals surface area contributed by atoms with Crippen LogP contribution in [0.4, 0.5) is 0 Å². The van der Waals surface area contributed by atoms with Crippen molar-refractivity contribution < 1.29 is 9.90 Å². The van der Waals surface area contributed by atoms with Gasteiger partial charge in [-0.15, -0.1) is 0 Å². The lowest BCUT2D eigenvalue weighted by Crippen LogP contribution is -1.91. The van der Waals surface area contributed by atoms with E-state index < -0.39 is 5.97 Å². The highest BCUT2D eigenvalue weighted by molar-refractivity contribution is 5.68. The zero-order valence-corrected chi connectivity index (χ0v) is 8.63. The highest BCUT2D eigenvalue weighted by Gasteiger charge is 1.93. The Morgan fingerprint density at radius 3 is 2.31 bits per heavy atom. The average molecular weight is 182 g/mol. The van der Waals surface area contributed by atoms with Gasteiger partial charge in [-0.2, -0.15) is 0 Å². The van der Waals surface area contributed by atoms with Crippen LogP contribution in [0.2, 0.25) is 0 Å². The summed E-state index contributed by atoms with van der Waals surface area (Å²) in [5.74, 6) is -0.762. The summed E-state index contributed by atoms with van der Waals surface area (Å²) in [4.78, 5) is 10.2. The predicted octanol–water partition coefficient (Wildman–Crippen LogP) is 3.15. The Balaban J connectivity index is 3.73. The highest BCUT2D eigenvalue weighted by atomic mass is 16.4. The summed E-state index contributed by atoms with van der Waals surface area (Å²) in [5, 5.41) is 8.42. The van der Waals surface area contributed by atoms with Crippen LogP contribution in [0.25, 0.3) is 0 Å². The van der Waals surface area contributed by atoms with Crippen LogP contribution in [0.1, 0.15) is 40.0 Å². The zero-order valence-electron chi connectivity index (χ0n) is 8.63. The van der Waals surface area contributed by atoms with Crippen molar-refractivity contribution in [1.82, 2.24) is 0 Å². The molecule has 74 valence electrons. The standard InChI is InChI=1S/C11H18O2/c1-9(2)5-4-6-10(3)7-8-11(12)13/h5,7H,4,6,8H2,1-3H3,(H,12,13). The number of carboxylic acid groups (broad SMARTS) is 1. The molecule has 0 saturated carbocycles. The average Bonchev–Trinajstić information content (AvgIpc) is 2.00. The number of aliphatic carboxylic acids is 1. The summed E-state index contributed by atoms with van der Waals surface area (Å²) in [5.41, 5.74) is 2.46. The molecule has 0 bridgehead atoms. The Labute approximate surface area is 80.0 Å². The summed E-state index contributed by atoms with van der Waals surface area (Å²) < 4.78 is 0. The van der Waals surface area contributed by atoms with Gasteiger partial charge in [-0.25, -0.2) is 0 Å². The van der Waals surface area contributed by atoms with E-state index in [0.29, 0.717) is 0 Å². The molecule has 2 nitrogen and oxygen atoms in total. The van der Waals surface area contributed by atoms with Crippen molar-refractivity contribution in [2.75, 3.05) is 0 Å². The van der Waals surface area contributed by atoms with Crippen molar-refractivity contribution in [1.29, 1.82) is 0 Å². The monoisotopic (exact) mass is 182 g/mol. The predicted molar refractivity (Wildman–Crippen MR) is 54.7 cm³/mol. The third-order valence-electron chi connectivity index (χ3n) is 1.72. The molecule has 0 heterocycles. The van der Waals surface area contributed by atoms with Gasteiger partial charge in [-0.05, 0) is 33.6 Å². The van der Waals surface area contributed by atoms with E-state index in [1.54, 1.807) is 6.08 Å². The molecule has 0 unspecified atom stereocenters. The summed E-state index contributed by atoms with van der Waals surface area (Å²) in [7, 11) is 0. The molecule has 13 heavy (non-hydrogen) atoms. The lowest BCUT2D eigenvalue weighted by molar-refractivity contribution is -0.136. The first kappa shape index (κ1) is 11.9. The molecule has 0 fully saturated rings. The first-order valence-corrected chi connectivity index (χ1v) is 4.53. The number of hydrogen-bond acceptors (Lipinski definition) is 1. The van der Waals surface area contributed by atoms with Gasteiger partial charge in [-0.3, -0.25) is 4.79 Å². The molecule has 1 N–H and O–H groups in total. The third kappa shape index (κ3) is 8.86. The van der Waals surface area contributed by atoms with Crippen molar-refractivity contribution >= 4 is 5.97 Å². The second kappa shape index (κ2) is 6.46. The Bertz CT molecular complexity index is 220. The molecule has 0 atom stereocenters. The minimum Gasteiger partial charge on any atom is -0.481 e. The van der Waals surface area contributed by atoms with E-state index in [1.807, 2.05) is 6.92 Å². The molecule has 0 spiro atoms. The molecule has 0 aliphatic carbocycles. The third-order valence-corrected chi connectivity index (χ3v) is 1.72. The summed E-state index contributed by atoms with van der Waals surface area (Å²) >= 11 is 0. The Kier molecular flexibility index (Phi) is 5.94. The van der Waals surface area contributed by atoms with Gasteiger partial charge in [0.25, 0.3) is 0 Å². The van der Waals surface area contributed by atoms with E-state index in [1.165, 1.54) is 5.57 Å². The van der Waals surface area contributed by atoms with Gasteiger partial charge < -0.3 is 5.11 Å². The Hall–Kier alpha value is -1.05. The zero-order chi connectivity index (χ0) is 10.3. The molecule has 0 rings (SSSR count). The van der Waals surface area contributed by atoms with E-state index >= 15 is 0 Å². The fourth-order valence-electron chi connectivity index (χ4n) is 0.952. The van der Waals surface area contributed by atoms with Crippen molar-refractivity contribution in [3.05, 3.63) is 23.3 Å². The van der Waals surface area contributed by atoms with Crippen LogP contribution >= 0.6 is 0 Å². The first-order chi connectivity index (χ1) is 6.02. The van der Waals surface area contributed by atoms with Crippen molar-refractivity contribution in [2.24, 2.45) is 0 Å². The topological polar surface area (TPSA) is 37.3 Å². The summed E-state index contributed by atoms with van der Waals surface area (Å²) in [6.45, 7) is 6.11. The van der Waals surface area contributed by atoms with Gasteiger partial charge in [0.2, 0.25) is 0 Å². The molecular weight excluding hydrogens is 164 g/mol. The van der Waals surface area contributed by atoms with Gasteiger partial charge in [0.05, 0.1) is 6.42 Å². The number of rotatable bonds is 5. The van der Waals surface area contributed by atoms with Crippen LogP contribution in [-0.2, 0) is 4.79 Å². The normalized spacial score (nSPS) is 11.2. The van der Waals surface area contributed by atoms with Crippen LogP contribution in [0.5, 0.6) is 0 Å². The van der Waals surface area contributed by atoms with Crippen LogP contribution in [0.15, 0.2) is 23.3 Å². The van der Waals surface area contributed by atoms with E-state index in [0.717, 1.165) is 18.4 Å². The quantitative estimate of drug-likeness (QED) is 0.663. The smallest absolute Gasteiger partial charge is 0.307 e. The van der Waals surface area contributed by atoms with Crippen LogP contribution in [0, 0.1) is 0 Å². The van der Waals surface area contributed by atoms with Crippen LogP contribution in [0.3, 0.4) is 0 Å². The summed E-state index contributed by atoms with van der Waals surface area (Å²) in [6, 6.07) is 0. The van der Waals surface area contributed by atoms with Gasteiger partial charge in [0.15, 0.2) is 0 Å². The molecule has 2 heteroatoms. The van der Waals surface area contributed by atoms with Gasteiger partial charge in [0, 0.05) is 0 Å². The first-order valence-electron chi connectivity index (χ1n) is 4.53. The van der Waals surface area contributed by atoms with Crippen LogP contribution in [-0.4, -0.2) is 11.1 Å². The lowest BCUT2D eigenvalue weighted by Gasteiger charge is -1.97. The fraction of sp³-hybridized carbons (Fsp3) is 0.545. The van der Waals surface area contributed by atoms with Crippen LogP contribution < -0.4 is 0 Å². The number of allylic oxidation sites excluding steroid dienone is 3. The summed E-state index contributed by atoms with van der Waals surface area (Å²) in [6.07, 6.45) is 6.04. The largest absolute Gasteiger partial charge is 0.481 e. The molecule has 0 aromatic rings. The molecule has 0 amide bonds. The van der Waals surface area contributed by atoms with Gasteiger partial charge in [0.1, 0.15) is 0 Å². The van der Waals surface area contributed by atoms with Crippen molar-refractivity contribution in [3.8, 4) is 0 Å². The lowest BCUT2D eigenvalue weighted by atomic mass is 10.1. The molecule has 0 aromatic heterocycles. The molecular formula is C11H18O2. The molecule has 0 radical (unpaired) electrons. The second-order valence-electron chi connectivity index (χ2n) is 3.47. The SMILES string of the molecule is CC(C)=CCCC(C)=CCC(=O)O. The maximum Gasteiger partial charge on any atom is 0.307 e.